The van der Waals surface area contributed by atoms with E-state index >= 15 is 0 Å². The molecule has 3 heteroatoms. The number of rotatable bonds is 2. The van der Waals surface area contributed by atoms with Gasteiger partial charge in [-0.3, -0.25) is 4.90 Å². The van der Waals surface area contributed by atoms with E-state index in [2.05, 4.69) is 29.0 Å². The second kappa shape index (κ2) is 5.38. The van der Waals surface area contributed by atoms with Crippen LogP contribution in [0.4, 0.5) is 0 Å². The van der Waals surface area contributed by atoms with Gasteiger partial charge in [-0.05, 0) is 45.0 Å². The minimum atomic E-state index is 0.799. The molecule has 2 fully saturated rings. The van der Waals surface area contributed by atoms with Crippen LogP contribution in [0.25, 0.3) is 0 Å². The molecule has 0 aromatic rings. The van der Waals surface area contributed by atoms with E-state index in [0.29, 0.717) is 0 Å². The maximum atomic E-state index is 3.51. The van der Waals surface area contributed by atoms with Crippen LogP contribution in [0.15, 0.2) is 0 Å². The fraction of sp³-hybridized carbons (Fsp3) is 1.00. The van der Waals surface area contributed by atoms with Crippen molar-refractivity contribution in [3.8, 4) is 0 Å². The number of nitrogens with zero attached hydrogens (tertiary/aromatic N) is 1. The highest BCUT2D eigenvalue weighted by Crippen LogP contribution is 2.23. The summed E-state index contributed by atoms with van der Waals surface area (Å²) in [5, 5.41) is 3.51. The quantitative estimate of drug-likeness (QED) is 0.751. The molecule has 0 saturated carbocycles. The Morgan fingerprint density at radius 2 is 2.07 bits per heavy atom. The molecule has 82 valence electrons. The molecule has 2 rings (SSSR count). The van der Waals surface area contributed by atoms with E-state index in [1.54, 1.807) is 0 Å². The van der Waals surface area contributed by atoms with Crippen LogP contribution in [0.5, 0.6) is 0 Å². The summed E-state index contributed by atoms with van der Waals surface area (Å²) in [7, 11) is 2.33. The SMILES string of the molecule is CN(C1CCCNC1)C1CCCSC1. The average molecular weight is 214 g/mol. The third kappa shape index (κ3) is 2.65. The van der Waals surface area contributed by atoms with Crippen molar-refractivity contribution in [2.24, 2.45) is 0 Å². The molecular weight excluding hydrogens is 192 g/mol. The minimum absolute atomic E-state index is 0.799. The predicted octanol–water partition coefficient (Wildman–Crippen LogP) is 1.57. The smallest absolute Gasteiger partial charge is 0.0221 e. The van der Waals surface area contributed by atoms with Gasteiger partial charge in [0.25, 0.3) is 0 Å². The summed E-state index contributed by atoms with van der Waals surface area (Å²) in [6.45, 7) is 2.43. The van der Waals surface area contributed by atoms with Crippen molar-refractivity contribution in [2.45, 2.75) is 37.8 Å². The normalized spacial score (nSPS) is 34.7. The van der Waals surface area contributed by atoms with Gasteiger partial charge in [-0.1, -0.05) is 0 Å². The molecule has 2 heterocycles. The molecule has 0 aliphatic carbocycles. The molecule has 2 atom stereocenters. The number of likely N-dealkylation sites (N-methyl/N-ethyl adjacent to an activating group) is 1. The molecular formula is C11H22N2S. The van der Waals surface area contributed by atoms with Crippen molar-refractivity contribution in [3.63, 3.8) is 0 Å². The fourth-order valence-electron chi connectivity index (χ4n) is 2.52. The first-order valence-electron chi connectivity index (χ1n) is 5.88. The standard InChI is InChI=1S/C11H22N2S/c1-13(10-4-2-6-12-8-10)11-5-3-7-14-9-11/h10-12H,2-9H2,1H3. The van der Waals surface area contributed by atoms with Crippen LogP contribution >= 0.6 is 11.8 Å². The van der Waals surface area contributed by atoms with Crippen molar-refractivity contribution in [2.75, 3.05) is 31.6 Å². The van der Waals surface area contributed by atoms with Crippen LogP contribution in [0, 0.1) is 0 Å². The maximum absolute atomic E-state index is 3.51. The summed E-state index contributed by atoms with van der Waals surface area (Å²) in [6.07, 6.45) is 5.58. The van der Waals surface area contributed by atoms with Gasteiger partial charge in [0, 0.05) is 24.4 Å². The lowest BCUT2D eigenvalue weighted by Gasteiger charge is -2.38. The second-order valence-corrected chi connectivity index (χ2v) is 5.69. The first kappa shape index (κ1) is 10.8. The molecule has 2 nitrogen and oxygen atoms in total. The number of piperidine rings is 1. The number of nitrogens with one attached hydrogen (secondary N) is 1. The van der Waals surface area contributed by atoms with Gasteiger partial charge in [-0.15, -0.1) is 0 Å². The van der Waals surface area contributed by atoms with E-state index in [-0.39, 0.29) is 0 Å². The van der Waals surface area contributed by atoms with E-state index in [4.69, 9.17) is 0 Å². The molecule has 2 aliphatic heterocycles. The van der Waals surface area contributed by atoms with Gasteiger partial charge < -0.3 is 5.32 Å². The summed E-state index contributed by atoms with van der Waals surface area (Å²) in [6, 6.07) is 1.64. The number of thioether (sulfide) groups is 1. The Morgan fingerprint density at radius 3 is 2.71 bits per heavy atom. The summed E-state index contributed by atoms with van der Waals surface area (Å²) in [5.41, 5.74) is 0. The lowest BCUT2D eigenvalue weighted by molar-refractivity contribution is 0.150. The summed E-state index contributed by atoms with van der Waals surface area (Å²) < 4.78 is 0. The number of hydrogen-bond donors (Lipinski definition) is 1. The Morgan fingerprint density at radius 1 is 1.21 bits per heavy atom. The van der Waals surface area contributed by atoms with Crippen molar-refractivity contribution >= 4 is 11.8 Å². The fourth-order valence-corrected chi connectivity index (χ4v) is 3.74. The monoisotopic (exact) mass is 214 g/mol. The van der Waals surface area contributed by atoms with Crippen LogP contribution in [0.1, 0.15) is 25.7 Å². The van der Waals surface area contributed by atoms with Crippen molar-refractivity contribution in [1.29, 1.82) is 0 Å². The molecule has 0 aromatic heterocycles. The Kier molecular flexibility index (Phi) is 4.14. The zero-order valence-corrected chi connectivity index (χ0v) is 9.98. The molecule has 0 amide bonds. The van der Waals surface area contributed by atoms with E-state index in [0.717, 1.165) is 12.1 Å². The predicted molar refractivity (Wildman–Crippen MR) is 64.0 cm³/mol. The van der Waals surface area contributed by atoms with E-state index in [1.165, 1.54) is 50.3 Å². The first-order chi connectivity index (χ1) is 6.88. The molecule has 2 unspecified atom stereocenters. The van der Waals surface area contributed by atoms with Crippen LogP contribution in [0.3, 0.4) is 0 Å². The lowest BCUT2D eigenvalue weighted by atomic mass is 10.0. The highest BCUT2D eigenvalue weighted by molar-refractivity contribution is 7.99. The molecule has 0 bridgehead atoms. The molecule has 2 saturated heterocycles. The van der Waals surface area contributed by atoms with E-state index in [9.17, 15) is 0 Å². The van der Waals surface area contributed by atoms with Gasteiger partial charge in [0.1, 0.15) is 0 Å². The van der Waals surface area contributed by atoms with Crippen LogP contribution in [-0.2, 0) is 0 Å². The summed E-state index contributed by atoms with van der Waals surface area (Å²) in [5.74, 6) is 2.74. The highest BCUT2D eigenvalue weighted by atomic mass is 32.2. The van der Waals surface area contributed by atoms with Crippen molar-refractivity contribution < 1.29 is 0 Å². The molecule has 0 spiro atoms. The molecule has 1 N–H and O–H groups in total. The van der Waals surface area contributed by atoms with Crippen LogP contribution in [0.2, 0.25) is 0 Å². The Bertz CT molecular complexity index is 145. The summed E-state index contributed by atoms with van der Waals surface area (Å²) >= 11 is 2.13. The van der Waals surface area contributed by atoms with Crippen molar-refractivity contribution in [1.82, 2.24) is 10.2 Å². The van der Waals surface area contributed by atoms with Crippen LogP contribution < -0.4 is 5.32 Å². The van der Waals surface area contributed by atoms with Gasteiger partial charge in [-0.2, -0.15) is 11.8 Å². The summed E-state index contributed by atoms with van der Waals surface area (Å²) in [4.78, 5) is 2.64. The van der Waals surface area contributed by atoms with Gasteiger partial charge >= 0.3 is 0 Å². The van der Waals surface area contributed by atoms with Crippen molar-refractivity contribution in [3.05, 3.63) is 0 Å². The van der Waals surface area contributed by atoms with Crippen LogP contribution in [-0.4, -0.2) is 48.6 Å². The third-order valence-corrected chi connectivity index (χ3v) is 4.76. The lowest BCUT2D eigenvalue weighted by Crippen LogP contribution is -2.49. The third-order valence-electron chi connectivity index (χ3n) is 3.56. The molecule has 2 aliphatic rings. The van der Waals surface area contributed by atoms with E-state index < -0.39 is 0 Å². The maximum Gasteiger partial charge on any atom is 0.0221 e. The second-order valence-electron chi connectivity index (χ2n) is 4.54. The van der Waals surface area contributed by atoms with Gasteiger partial charge in [0.2, 0.25) is 0 Å². The first-order valence-corrected chi connectivity index (χ1v) is 7.04. The van der Waals surface area contributed by atoms with Gasteiger partial charge in [-0.25, -0.2) is 0 Å². The zero-order chi connectivity index (χ0) is 9.80. The molecule has 0 radical (unpaired) electrons. The van der Waals surface area contributed by atoms with E-state index in [1.807, 2.05) is 0 Å². The zero-order valence-electron chi connectivity index (χ0n) is 9.17. The Balaban J connectivity index is 1.82. The van der Waals surface area contributed by atoms with Gasteiger partial charge in [0.05, 0.1) is 0 Å². The largest absolute Gasteiger partial charge is 0.315 e. The van der Waals surface area contributed by atoms with Gasteiger partial charge in [0.15, 0.2) is 0 Å². The Hall–Kier alpha value is 0.270. The Labute approximate surface area is 91.8 Å². The highest BCUT2D eigenvalue weighted by Gasteiger charge is 2.25. The molecule has 0 aromatic carbocycles. The average Bonchev–Trinajstić information content (AvgIpc) is 2.30. The molecule has 14 heavy (non-hydrogen) atoms. The topological polar surface area (TPSA) is 15.3 Å². The number of hydrogen-bond acceptors (Lipinski definition) is 3. The minimum Gasteiger partial charge on any atom is -0.315 e.